The Bertz CT molecular complexity index is 383. The summed E-state index contributed by atoms with van der Waals surface area (Å²) in [6.45, 7) is 1.94. The number of aliphatic hydroxyl groups excluding tert-OH is 1. The molecule has 0 saturated heterocycles. The molecule has 17 heavy (non-hydrogen) atoms. The standard InChI is InChI=1S/C12H20N4O/c1-8-7-14-12(13)16-11(8)15-9-5-3-2-4-6-10(9)17/h7,9-10,17H,2-6H2,1H3,(H3,13,14,15,16). The topological polar surface area (TPSA) is 84.1 Å². The maximum absolute atomic E-state index is 10.0. The smallest absolute Gasteiger partial charge is 0.221 e. The van der Waals surface area contributed by atoms with Crippen LogP contribution in [0.3, 0.4) is 0 Å². The molecule has 0 aliphatic heterocycles. The van der Waals surface area contributed by atoms with E-state index in [2.05, 4.69) is 15.3 Å². The van der Waals surface area contributed by atoms with Gasteiger partial charge < -0.3 is 16.2 Å². The number of rotatable bonds is 2. The van der Waals surface area contributed by atoms with Crippen LogP contribution in [0.4, 0.5) is 11.8 Å². The van der Waals surface area contributed by atoms with Gasteiger partial charge in [0.25, 0.3) is 0 Å². The molecule has 5 heteroatoms. The molecule has 0 bridgehead atoms. The zero-order valence-electron chi connectivity index (χ0n) is 10.2. The van der Waals surface area contributed by atoms with Gasteiger partial charge in [0, 0.05) is 11.8 Å². The number of aliphatic hydroxyl groups is 1. The molecule has 1 aliphatic carbocycles. The third-order valence-corrected chi connectivity index (χ3v) is 3.29. The monoisotopic (exact) mass is 236 g/mol. The first-order chi connectivity index (χ1) is 8.16. The summed E-state index contributed by atoms with van der Waals surface area (Å²) in [5.41, 5.74) is 6.53. The summed E-state index contributed by atoms with van der Waals surface area (Å²) in [4.78, 5) is 8.11. The quantitative estimate of drug-likeness (QED) is 0.677. The number of nitrogens with zero attached hydrogens (tertiary/aromatic N) is 2. The molecular formula is C12H20N4O. The largest absolute Gasteiger partial charge is 0.391 e. The van der Waals surface area contributed by atoms with Crippen LogP contribution >= 0.6 is 0 Å². The molecule has 0 spiro atoms. The molecule has 4 N–H and O–H groups in total. The summed E-state index contributed by atoms with van der Waals surface area (Å²) < 4.78 is 0. The van der Waals surface area contributed by atoms with Crippen LogP contribution in [0.15, 0.2) is 6.20 Å². The van der Waals surface area contributed by atoms with Crippen molar-refractivity contribution in [3.05, 3.63) is 11.8 Å². The van der Waals surface area contributed by atoms with Crippen LogP contribution in [0.25, 0.3) is 0 Å². The minimum absolute atomic E-state index is 0.0745. The lowest BCUT2D eigenvalue weighted by molar-refractivity contribution is 0.144. The first-order valence-corrected chi connectivity index (χ1v) is 6.20. The van der Waals surface area contributed by atoms with Crippen molar-refractivity contribution >= 4 is 11.8 Å². The fraction of sp³-hybridized carbons (Fsp3) is 0.667. The molecule has 2 atom stereocenters. The first-order valence-electron chi connectivity index (χ1n) is 6.20. The van der Waals surface area contributed by atoms with Crippen LogP contribution in [0.5, 0.6) is 0 Å². The molecule has 0 radical (unpaired) electrons. The number of aromatic nitrogens is 2. The van der Waals surface area contributed by atoms with Gasteiger partial charge in [-0.15, -0.1) is 0 Å². The Hall–Kier alpha value is -1.36. The Balaban J connectivity index is 2.10. The maximum atomic E-state index is 10.0. The van der Waals surface area contributed by atoms with Gasteiger partial charge in [0.05, 0.1) is 12.1 Å². The van der Waals surface area contributed by atoms with E-state index in [1.165, 1.54) is 6.42 Å². The van der Waals surface area contributed by atoms with Crippen molar-refractivity contribution in [3.8, 4) is 0 Å². The first kappa shape index (κ1) is 12.1. The lowest BCUT2D eigenvalue weighted by Gasteiger charge is -2.23. The van der Waals surface area contributed by atoms with Crippen LogP contribution in [0.1, 0.15) is 37.7 Å². The third kappa shape index (κ3) is 3.06. The highest BCUT2D eigenvalue weighted by molar-refractivity contribution is 5.46. The summed E-state index contributed by atoms with van der Waals surface area (Å²) in [7, 11) is 0. The fourth-order valence-electron chi connectivity index (χ4n) is 2.23. The van der Waals surface area contributed by atoms with Crippen molar-refractivity contribution in [2.75, 3.05) is 11.1 Å². The van der Waals surface area contributed by atoms with Crippen molar-refractivity contribution in [2.45, 2.75) is 51.2 Å². The molecule has 1 saturated carbocycles. The van der Waals surface area contributed by atoms with Gasteiger partial charge in [0.15, 0.2) is 0 Å². The number of anilines is 2. The summed E-state index contributed by atoms with van der Waals surface area (Å²) in [5.74, 6) is 1.00. The molecule has 1 aliphatic rings. The fourth-order valence-corrected chi connectivity index (χ4v) is 2.23. The van der Waals surface area contributed by atoms with Gasteiger partial charge in [-0.3, -0.25) is 0 Å². The molecule has 2 unspecified atom stereocenters. The molecule has 1 fully saturated rings. The average molecular weight is 236 g/mol. The van der Waals surface area contributed by atoms with Crippen molar-refractivity contribution in [2.24, 2.45) is 0 Å². The SMILES string of the molecule is Cc1cnc(N)nc1NC1CCCCCC1O. The van der Waals surface area contributed by atoms with E-state index in [0.717, 1.165) is 37.1 Å². The van der Waals surface area contributed by atoms with E-state index < -0.39 is 0 Å². The van der Waals surface area contributed by atoms with Gasteiger partial charge in [0.1, 0.15) is 5.82 Å². The van der Waals surface area contributed by atoms with Gasteiger partial charge in [-0.1, -0.05) is 19.3 Å². The van der Waals surface area contributed by atoms with E-state index in [4.69, 9.17) is 5.73 Å². The number of aryl methyl sites for hydroxylation is 1. The number of hydrogen-bond donors (Lipinski definition) is 3. The summed E-state index contributed by atoms with van der Waals surface area (Å²) in [5, 5.41) is 13.3. The zero-order valence-corrected chi connectivity index (χ0v) is 10.2. The van der Waals surface area contributed by atoms with E-state index in [0.29, 0.717) is 0 Å². The van der Waals surface area contributed by atoms with Crippen LogP contribution in [0, 0.1) is 6.92 Å². The van der Waals surface area contributed by atoms with Crippen molar-refractivity contribution in [3.63, 3.8) is 0 Å². The molecule has 0 amide bonds. The Labute approximate surface area is 101 Å². The molecule has 5 nitrogen and oxygen atoms in total. The minimum Gasteiger partial charge on any atom is -0.391 e. The van der Waals surface area contributed by atoms with E-state index in [1.807, 2.05) is 6.92 Å². The number of nitrogens with one attached hydrogen (secondary N) is 1. The predicted octanol–water partition coefficient (Wildman–Crippen LogP) is 1.47. The molecule has 94 valence electrons. The molecule has 0 aromatic carbocycles. The Kier molecular flexibility index (Phi) is 3.78. The summed E-state index contributed by atoms with van der Waals surface area (Å²) in [6.07, 6.45) is 6.68. The predicted molar refractivity (Wildman–Crippen MR) is 67.7 cm³/mol. The van der Waals surface area contributed by atoms with Gasteiger partial charge in [-0.2, -0.15) is 4.98 Å². The minimum atomic E-state index is -0.298. The zero-order chi connectivity index (χ0) is 12.3. The van der Waals surface area contributed by atoms with Crippen LogP contribution in [-0.2, 0) is 0 Å². The number of nitrogen functional groups attached to an aromatic ring is 1. The van der Waals surface area contributed by atoms with Crippen molar-refractivity contribution < 1.29 is 5.11 Å². The maximum Gasteiger partial charge on any atom is 0.221 e. The second-order valence-electron chi connectivity index (χ2n) is 4.72. The van der Waals surface area contributed by atoms with Crippen LogP contribution in [0.2, 0.25) is 0 Å². The second-order valence-corrected chi connectivity index (χ2v) is 4.72. The third-order valence-electron chi connectivity index (χ3n) is 3.29. The Morgan fingerprint density at radius 2 is 2.12 bits per heavy atom. The highest BCUT2D eigenvalue weighted by Gasteiger charge is 2.22. The molecule has 2 rings (SSSR count). The normalized spacial score (nSPS) is 25.3. The molecule has 1 aromatic heterocycles. The molecule has 1 aromatic rings. The molecule has 1 heterocycles. The summed E-state index contributed by atoms with van der Waals surface area (Å²) >= 11 is 0. The van der Waals surface area contributed by atoms with E-state index in [9.17, 15) is 5.11 Å². The highest BCUT2D eigenvalue weighted by atomic mass is 16.3. The van der Waals surface area contributed by atoms with Crippen molar-refractivity contribution in [1.29, 1.82) is 0 Å². The number of nitrogens with two attached hydrogens (primary N) is 1. The lowest BCUT2D eigenvalue weighted by Crippen LogP contribution is -2.33. The second kappa shape index (κ2) is 5.31. The van der Waals surface area contributed by atoms with E-state index >= 15 is 0 Å². The average Bonchev–Trinajstić information content (AvgIpc) is 2.50. The van der Waals surface area contributed by atoms with Gasteiger partial charge >= 0.3 is 0 Å². The van der Waals surface area contributed by atoms with E-state index in [1.54, 1.807) is 6.20 Å². The Morgan fingerprint density at radius 1 is 1.35 bits per heavy atom. The van der Waals surface area contributed by atoms with E-state index in [-0.39, 0.29) is 18.1 Å². The summed E-state index contributed by atoms with van der Waals surface area (Å²) in [6, 6.07) is 0.0745. The Morgan fingerprint density at radius 3 is 2.94 bits per heavy atom. The molecular weight excluding hydrogens is 216 g/mol. The van der Waals surface area contributed by atoms with Crippen molar-refractivity contribution in [1.82, 2.24) is 9.97 Å². The van der Waals surface area contributed by atoms with Gasteiger partial charge in [-0.25, -0.2) is 4.98 Å². The number of hydrogen-bond acceptors (Lipinski definition) is 5. The highest BCUT2D eigenvalue weighted by Crippen LogP contribution is 2.22. The lowest BCUT2D eigenvalue weighted by atomic mass is 10.1. The van der Waals surface area contributed by atoms with Crippen LogP contribution in [-0.4, -0.2) is 27.2 Å². The van der Waals surface area contributed by atoms with Gasteiger partial charge in [0.2, 0.25) is 5.95 Å². The van der Waals surface area contributed by atoms with Gasteiger partial charge in [-0.05, 0) is 19.8 Å². The van der Waals surface area contributed by atoms with Crippen LogP contribution < -0.4 is 11.1 Å².